The molecule has 2 aliphatic heterocycles. The molecule has 0 saturated carbocycles. The topological polar surface area (TPSA) is 70.1 Å². The van der Waals surface area contributed by atoms with E-state index < -0.39 is 5.63 Å². The van der Waals surface area contributed by atoms with E-state index in [1.165, 1.54) is 22.6 Å². The maximum Gasteiger partial charge on any atom is 0.348 e. The molecular formula is C25H21N3O2S. The highest BCUT2D eigenvalue weighted by Gasteiger charge is 2.34. The molecule has 0 N–H and O–H groups in total. The van der Waals surface area contributed by atoms with Crippen molar-refractivity contribution in [2.45, 2.75) is 38.5 Å². The Bertz CT molecular complexity index is 1440. The summed E-state index contributed by atoms with van der Waals surface area (Å²) in [4.78, 5) is 20.3. The first-order valence-electron chi connectivity index (χ1n) is 10.8. The fraction of sp³-hybridized carbons (Fsp3) is 0.320. The molecule has 0 amide bonds. The van der Waals surface area contributed by atoms with Gasteiger partial charge < -0.3 is 9.32 Å². The summed E-state index contributed by atoms with van der Waals surface area (Å²) >= 11 is 1.42. The summed E-state index contributed by atoms with van der Waals surface area (Å²) in [5, 5.41) is 11.5. The lowest BCUT2D eigenvalue weighted by Crippen LogP contribution is -2.36. The molecule has 2 aromatic carbocycles. The molecule has 0 aliphatic carbocycles. The van der Waals surface area contributed by atoms with Crippen LogP contribution in [0.1, 0.15) is 55.2 Å². The third-order valence-electron chi connectivity index (χ3n) is 6.86. The number of para-hydroxylation sites is 1. The number of hydrogen-bond acceptors (Lipinski definition) is 6. The Kier molecular flexibility index (Phi) is 4.00. The fourth-order valence-electron chi connectivity index (χ4n) is 5.18. The normalized spacial score (nSPS) is 20.1. The van der Waals surface area contributed by atoms with Gasteiger partial charge in [-0.3, -0.25) is 0 Å². The van der Waals surface area contributed by atoms with Crippen molar-refractivity contribution in [2.75, 3.05) is 18.0 Å². The number of nitriles is 1. The number of thiazole rings is 1. The molecule has 6 rings (SSSR count). The van der Waals surface area contributed by atoms with E-state index in [9.17, 15) is 10.1 Å². The maximum atomic E-state index is 13.2. The van der Waals surface area contributed by atoms with Crippen LogP contribution in [-0.4, -0.2) is 18.1 Å². The van der Waals surface area contributed by atoms with Gasteiger partial charge in [-0.25, -0.2) is 9.78 Å². The van der Waals surface area contributed by atoms with E-state index >= 15 is 0 Å². The monoisotopic (exact) mass is 427 g/mol. The number of rotatable bonds is 1. The third kappa shape index (κ3) is 2.60. The van der Waals surface area contributed by atoms with Gasteiger partial charge in [0.15, 0.2) is 0 Å². The average molecular weight is 428 g/mol. The van der Waals surface area contributed by atoms with Crippen molar-refractivity contribution in [3.05, 3.63) is 57.4 Å². The third-order valence-corrected chi connectivity index (χ3v) is 7.91. The van der Waals surface area contributed by atoms with Crippen molar-refractivity contribution in [1.82, 2.24) is 4.98 Å². The Labute approximate surface area is 183 Å². The lowest BCUT2D eigenvalue weighted by molar-refractivity contribution is 0.523. The van der Waals surface area contributed by atoms with Crippen LogP contribution in [0.25, 0.3) is 31.8 Å². The van der Waals surface area contributed by atoms with Crippen molar-refractivity contribution < 1.29 is 4.42 Å². The van der Waals surface area contributed by atoms with Gasteiger partial charge in [0.25, 0.3) is 0 Å². The van der Waals surface area contributed by atoms with E-state index in [0.717, 1.165) is 47.1 Å². The highest BCUT2D eigenvalue weighted by molar-refractivity contribution is 7.21. The Morgan fingerprint density at radius 2 is 1.97 bits per heavy atom. The minimum atomic E-state index is -0.479. The summed E-state index contributed by atoms with van der Waals surface area (Å²) in [6, 6.07) is 12.2. The van der Waals surface area contributed by atoms with E-state index in [-0.39, 0.29) is 11.5 Å². The lowest BCUT2D eigenvalue weighted by atomic mass is 9.80. The summed E-state index contributed by atoms with van der Waals surface area (Å²) < 4.78 is 6.98. The van der Waals surface area contributed by atoms with Gasteiger partial charge in [-0.15, -0.1) is 11.3 Å². The van der Waals surface area contributed by atoms with E-state index in [2.05, 4.69) is 35.9 Å². The zero-order chi connectivity index (χ0) is 21.3. The summed E-state index contributed by atoms with van der Waals surface area (Å²) in [5.41, 5.74) is 5.17. The summed E-state index contributed by atoms with van der Waals surface area (Å²) in [7, 11) is 0. The first-order valence-corrected chi connectivity index (χ1v) is 11.6. The van der Waals surface area contributed by atoms with E-state index in [4.69, 9.17) is 4.42 Å². The van der Waals surface area contributed by atoms with Gasteiger partial charge in [0, 0.05) is 29.7 Å². The molecule has 2 atom stereocenters. The second kappa shape index (κ2) is 6.66. The standard InChI is InChI=1S/C25H21N3O2S/c1-13-7-9-28-10-8-14(2)20-22(28)15(13)11-16-17(12-26)21(25(29)30-23(16)20)24-27-18-5-3-4-6-19(18)31-24/h3-6,11,13-14H,7-10H2,1-2H3. The SMILES string of the molecule is CC1CCN2CCC(C)c3c2c1cc1c(C#N)c(-c2nc4ccccc4s2)c(=O)oc31. The van der Waals surface area contributed by atoms with Gasteiger partial charge in [-0.05, 0) is 48.4 Å². The van der Waals surface area contributed by atoms with Crippen molar-refractivity contribution in [3.8, 4) is 16.6 Å². The average Bonchev–Trinajstić information content (AvgIpc) is 3.20. The molecule has 5 nitrogen and oxygen atoms in total. The van der Waals surface area contributed by atoms with Crippen LogP contribution in [0.2, 0.25) is 0 Å². The molecular weight excluding hydrogens is 406 g/mol. The first-order chi connectivity index (χ1) is 15.1. The molecule has 0 spiro atoms. The van der Waals surface area contributed by atoms with Gasteiger partial charge in [0.1, 0.15) is 22.2 Å². The Balaban J connectivity index is 1.72. The van der Waals surface area contributed by atoms with Crippen LogP contribution in [0.15, 0.2) is 39.5 Å². The number of aromatic nitrogens is 1. The van der Waals surface area contributed by atoms with Crippen LogP contribution in [0.4, 0.5) is 5.69 Å². The van der Waals surface area contributed by atoms with Gasteiger partial charge >= 0.3 is 5.63 Å². The zero-order valence-electron chi connectivity index (χ0n) is 17.4. The van der Waals surface area contributed by atoms with Crippen LogP contribution in [0.3, 0.4) is 0 Å². The number of hydrogen-bond donors (Lipinski definition) is 0. The molecule has 0 saturated heterocycles. The van der Waals surface area contributed by atoms with E-state index in [1.54, 1.807) is 0 Å². The highest BCUT2D eigenvalue weighted by Crippen LogP contribution is 2.48. The predicted molar refractivity (Wildman–Crippen MR) is 124 cm³/mol. The van der Waals surface area contributed by atoms with Crippen LogP contribution in [0, 0.1) is 11.3 Å². The molecule has 4 heterocycles. The molecule has 2 aromatic heterocycles. The summed E-state index contributed by atoms with van der Waals surface area (Å²) in [6.07, 6.45) is 2.11. The lowest BCUT2D eigenvalue weighted by Gasteiger charge is -2.41. The molecule has 0 fully saturated rings. The van der Waals surface area contributed by atoms with Crippen molar-refractivity contribution in [2.24, 2.45) is 0 Å². The quantitative estimate of drug-likeness (QED) is 0.361. The minimum absolute atomic E-state index is 0.280. The van der Waals surface area contributed by atoms with Crippen LogP contribution < -0.4 is 10.5 Å². The maximum absolute atomic E-state index is 13.2. The van der Waals surface area contributed by atoms with Crippen molar-refractivity contribution in [1.29, 1.82) is 5.26 Å². The second-order valence-electron chi connectivity index (χ2n) is 8.71. The van der Waals surface area contributed by atoms with E-state index in [1.807, 2.05) is 24.3 Å². The zero-order valence-corrected chi connectivity index (χ0v) is 18.3. The molecule has 2 unspecified atom stereocenters. The molecule has 0 bridgehead atoms. The van der Waals surface area contributed by atoms with Crippen LogP contribution in [-0.2, 0) is 0 Å². The number of fused-ring (bicyclic) bond motifs is 3. The highest BCUT2D eigenvalue weighted by atomic mass is 32.1. The van der Waals surface area contributed by atoms with Gasteiger partial charge in [-0.2, -0.15) is 5.26 Å². The molecule has 154 valence electrons. The van der Waals surface area contributed by atoms with Crippen molar-refractivity contribution >= 4 is 38.2 Å². The Hall–Kier alpha value is -3.17. The van der Waals surface area contributed by atoms with Gasteiger partial charge in [0.05, 0.1) is 15.8 Å². The predicted octanol–water partition coefficient (Wildman–Crippen LogP) is 5.76. The largest absolute Gasteiger partial charge is 0.422 e. The Morgan fingerprint density at radius 1 is 1.19 bits per heavy atom. The fourth-order valence-corrected chi connectivity index (χ4v) is 6.19. The molecule has 6 heteroatoms. The Morgan fingerprint density at radius 3 is 2.74 bits per heavy atom. The number of anilines is 1. The van der Waals surface area contributed by atoms with Gasteiger partial charge in [0.2, 0.25) is 0 Å². The second-order valence-corrected chi connectivity index (χ2v) is 9.74. The number of nitrogens with zero attached hydrogens (tertiary/aromatic N) is 3. The van der Waals surface area contributed by atoms with Crippen molar-refractivity contribution in [3.63, 3.8) is 0 Å². The van der Waals surface area contributed by atoms with Gasteiger partial charge in [-0.1, -0.05) is 26.0 Å². The molecule has 0 radical (unpaired) electrons. The summed E-state index contributed by atoms with van der Waals surface area (Å²) in [5.74, 6) is 0.686. The van der Waals surface area contributed by atoms with Crippen LogP contribution >= 0.6 is 11.3 Å². The molecule has 2 aliphatic rings. The van der Waals surface area contributed by atoms with Crippen LogP contribution in [0.5, 0.6) is 0 Å². The smallest absolute Gasteiger partial charge is 0.348 e. The van der Waals surface area contributed by atoms with E-state index in [0.29, 0.717) is 22.1 Å². The molecule has 31 heavy (non-hydrogen) atoms. The minimum Gasteiger partial charge on any atom is -0.422 e. The summed E-state index contributed by atoms with van der Waals surface area (Å²) in [6.45, 7) is 6.49. The first kappa shape index (κ1) is 18.6. The molecule has 4 aromatic rings. The number of benzene rings is 2.